The molecule has 0 aromatic rings. The molecule has 0 bridgehead atoms. The molecule has 3 atom stereocenters. The molecule has 0 saturated carbocycles. The minimum Gasteiger partial charge on any atom is -0.381 e. The minimum atomic E-state index is -0.124. The summed E-state index contributed by atoms with van der Waals surface area (Å²) in [5, 5.41) is 2.42. The average molecular weight is 211 g/mol. The summed E-state index contributed by atoms with van der Waals surface area (Å²) in [4.78, 5) is 23.0. The number of hydrogen-bond donors (Lipinski definition) is 1. The van der Waals surface area contributed by atoms with E-state index in [2.05, 4.69) is 5.32 Å². The summed E-state index contributed by atoms with van der Waals surface area (Å²) in [6, 6.07) is 0. The van der Waals surface area contributed by atoms with Crippen LogP contribution in [-0.2, 0) is 14.3 Å². The molecule has 4 heteroatoms. The molecule has 2 aliphatic heterocycles. The zero-order valence-corrected chi connectivity index (χ0v) is 8.99. The molecular weight excluding hydrogens is 194 g/mol. The van der Waals surface area contributed by atoms with Gasteiger partial charge in [-0.2, -0.15) is 0 Å². The van der Waals surface area contributed by atoms with Crippen molar-refractivity contribution >= 4 is 11.8 Å². The molecule has 2 fully saturated rings. The fourth-order valence-electron chi connectivity index (χ4n) is 2.71. The van der Waals surface area contributed by atoms with Gasteiger partial charge in [0.15, 0.2) is 0 Å². The maximum atomic E-state index is 11.6. The van der Waals surface area contributed by atoms with Gasteiger partial charge >= 0.3 is 0 Å². The standard InChI is InChI=1S/C11H17NO3/c1-2-8-9(7-3-4-15-6-7)5-10(13)12-11(8)14/h7-9H,2-6H2,1H3,(H,12,13,14). The molecule has 2 saturated heterocycles. The predicted octanol–water partition coefficient (Wildman–Crippen LogP) is 0.712. The van der Waals surface area contributed by atoms with Crippen LogP contribution in [0.15, 0.2) is 0 Å². The van der Waals surface area contributed by atoms with Crippen molar-refractivity contribution in [3.05, 3.63) is 0 Å². The van der Waals surface area contributed by atoms with Gasteiger partial charge in [-0.1, -0.05) is 6.92 Å². The lowest BCUT2D eigenvalue weighted by atomic mass is 9.75. The Morgan fingerprint density at radius 1 is 1.47 bits per heavy atom. The average Bonchev–Trinajstić information content (AvgIpc) is 2.69. The van der Waals surface area contributed by atoms with Crippen LogP contribution in [0, 0.1) is 17.8 Å². The Balaban J connectivity index is 2.11. The van der Waals surface area contributed by atoms with Gasteiger partial charge in [0.1, 0.15) is 0 Å². The van der Waals surface area contributed by atoms with Gasteiger partial charge in [-0.15, -0.1) is 0 Å². The van der Waals surface area contributed by atoms with Crippen LogP contribution >= 0.6 is 0 Å². The van der Waals surface area contributed by atoms with E-state index < -0.39 is 0 Å². The topological polar surface area (TPSA) is 55.4 Å². The van der Waals surface area contributed by atoms with Crippen molar-refractivity contribution in [3.8, 4) is 0 Å². The third kappa shape index (κ3) is 2.04. The molecular formula is C11H17NO3. The first-order valence-corrected chi connectivity index (χ1v) is 5.63. The number of imide groups is 1. The van der Waals surface area contributed by atoms with Crippen LogP contribution in [0.25, 0.3) is 0 Å². The van der Waals surface area contributed by atoms with Gasteiger partial charge in [0.05, 0.1) is 0 Å². The van der Waals surface area contributed by atoms with E-state index in [0.29, 0.717) is 18.9 Å². The molecule has 2 rings (SSSR count). The summed E-state index contributed by atoms with van der Waals surface area (Å²) in [5.41, 5.74) is 0. The number of amides is 2. The van der Waals surface area contributed by atoms with E-state index in [1.54, 1.807) is 0 Å². The highest BCUT2D eigenvalue weighted by Gasteiger charge is 2.40. The number of carbonyl (C=O) groups is 2. The number of rotatable bonds is 2. The summed E-state index contributed by atoms with van der Waals surface area (Å²) in [6.45, 7) is 3.48. The number of ether oxygens (including phenoxy) is 1. The highest BCUT2D eigenvalue weighted by atomic mass is 16.5. The predicted molar refractivity (Wildman–Crippen MR) is 54.0 cm³/mol. The van der Waals surface area contributed by atoms with E-state index >= 15 is 0 Å². The third-order valence-corrected chi connectivity index (χ3v) is 3.55. The first kappa shape index (κ1) is 10.6. The van der Waals surface area contributed by atoms with Gasteiger partial charge in [-0.3, -0.25) is 14.9 Å². The van der Waals surface area contributed by atoms with Crippen molar-refractivity contribution in [1.29, 1.82) is 0 Å². The SMILES string of the molecule is CCC1C(=O)NC(=O)CC1C1CCOC1. The van der Waals surface area contributed by atoms with Crippen molar-refractivity contribution in [2.24, 2.45) is 17.8 Å². The minimum absolute atomic E-state index is 0.00519. The lowest BCUT2D eigenvalue weighted by Gasteiger charge is -2.32. The van der Waals surface area contributed by atoms with E-state index in [4.69, 9.17) is 4.74 Å². The summed E-state index contributed by atoms with van der Waals surface area (Å²) >= 11 is 0. The number of hydrogen-bond acceptors (Lipinski definition) is 3. The van der Waals surface area contributed by atoms with Crippen molar-refractivity contribution < 1.29 is 14.3 Å². The summed E-state index contributed by atoms with van der Waals surface area (Å²) in [6.07, 6.45) is 2.28. The van der Waals surface area contributed by atoms with Gasteiger partial charge in [0.25, 0.3) is 0 Å². The Hall–Kier alpha value is -0.900. The molecule has 0 radical (unpaired) electrons. The van der Waals surface area contributed by atoms with Crippen LogP contribution in [-0.4, -0.2) is 25.0 Å². The summed E-state index contributed by atoms with van der Waals surface area (Å²) in [7, 11) is 0. The fourth-order valence-corrected chi connectivity index (χ4v) is 2.71. The maximum Gasteiger partial charge on any atom is 0.229 e. The van der Waals surface area contributed by atoms with Gasteiger partial charge in [-0.05, 0) is 24.7 Å². The van der Waals surface area contributed by atoms with Crippen molar-refractivity contribution in [1.82, 2.24) is 5.32 Å². The van der Waals surface area contributed by atoms with Gasteiger partial charge in [-0.25, -0.2) is 0 Å². The van der Waals surface area contributed by atoms with Crippen LogP contribution in [0.4, 0.5) is 0 Å². The maximum absolute atomic E-state index is 11.6. The zero-order valence-electron chi connectivity index (χ0n) is 8.99. The Kier molecular flexibility index (Phi) is 3.05. The largest absolute Gasteiger partial charge is 0.381 e. The van der Waals surface area contributed by atoms with Crippen molar-refractivity contribution in [3.63, 3.8) is 0 Å². The Bertz CT molecular complexity index is 271. The van der Waals surface area contributed by atoms with E-state index in [-0.39, 0.29) is 23.7 Å². The van der Waals surface area contributed by atoms with Crippen LogP contribution in [0.3, 0.4) is 0 Å². The molecule has 84 valence electrons. The zero-order chi connectivity index (χ0) is 10.8. The normalized spacial score (nSPS) is 36.7. The van der Waals surface area contributed by atoms with Crippen molar-refractivity contribution in [2.75, 3.05) is 13.2 Å². The van der Waals surface area contributed by atoms with Crippen LogP contribution in [0.2, 0.25) is 0 Å². The second kappa shape index (κ2) is 4.31. The number of carbonyl (C=O) groups excluding carboxylic acids is 2. The van der Waals surface area contributed by atoms with E-state index in [1.165, 1.54) is 0 Å². The summed E-state index contributed by atoms with van der Waals surface area (Å²) in [5.74, 6) is 0.366. The molecule has 3 unspecified atom stereocenters. The van der Waals surface area contributed by atoms with Crippen molar-refractivity contribution in [2.45, 2.75) is 26.2 Å². The Morgan fingerprint density at radius 2 is 2.27 bits per heavy atom. The lowest BCUT2D eigenvalue weighted by Crippen LogP contribution is -2.47. The first-order valence-electron chi connectivity index (χ1n) is 5.63. The second-order valence-corrected chi connectivity index (χ2v) is 4.42. The van der Waals surface area contributed by atoms with Crippen LogP contribution in [0.1, 0.15) is 26.2 Å². The first-order chi connectivity index (χ1) is 7.22. The molecule has 0 aromatic heterocycles. The summed E-state index contributed by atoms with van der Waals surface area (Å²) < 4.78 is 5.33. The molecule has 0 spiro atoms. The Morgan fingerprint density at radius 3 is 2.87 bits per heavy atom. The van der Waals surface area contributed by atoms with Gasteiger partial charge in [0, 0.05) is 25.6 Å². The van der Waals surface area contributed by atoms with Crippen LogP contribution < -0.4 is 5.32 Å². The molecule has 4 nitrogen and oxygen atoms in total. The smallest absolute Gasteiger partial charge is 0.229 e. The third-order valence-electron chi connectivity index (χ3n) is 3.55. The quantitative estimate of drug-likeness (QED) is 0.684. The second-order valence-electron chi connectivity index (χ2n) is 4.42. The molecule has 2 aliphatic rings. The molecule has 0 aromatic carbocycles. The van der Waals surface area contributed by atoms with E-state index in [9.17, 15) is 9.59 Å². The monoisotopic (exact) mass is 211 g/mol. The number of nitrogens with one attached hydrogen (secondary N) is 1. The molecule has 2 heterocycles. The highest BCUT2D eigenvalue weighted by Crippen LogP contribution is 2.34. The van der Waals surface area contributed by atoms with E-state index in [1.807, 2.05) is 6.92 Å². The van der Waals surface area contributed by atoms with Gasteiger partial charge < -0.3 is 4.74 Å². The van der Waals surface area contributed by atoms with E-state index in [0.717, 1.165) is 19.4 Å². The molecule has 15 heavy (non-hydrogen) atoms. The molecule has 1 N–H and O–H groups in total. The fraction of sp³-hybridized carbons (Fsp3) is 0.818. The molecule has 0 aliphatic carbocycles. The number of piperidine rings is 1. The molecule has 2 amide bonds. The van der Waals surface area contributed by atoms with Crippen LogP contribution in [0.5, 0.6) is 0 Å². The lowest BCUT2D eigenvalue weighted by molar-refractivity contribution is -0.140. The highest BCUT2D eigenvalue weighted by molar-refractivity contribution is 5.99. The Labute approximate surface area is 89.4 Å². The van der Waals surface area contributed by atoms with Gasteiger partial charge in [0.2, 0.25) is 11.8 Å².